The molecule has 0 aliphatic carbocycles. The van der Waals surface area contributed by atoms with Crippen molar-refractivity contribution in [3.8, 4) is 12.3 Å². The third-order valence-electron chi connectivity index (χ3n) is 2.91. The Morgan fingerprint density at radius 3 is 2.89 bits per heavy atom. The zero-order valence-electron chi connectivity index (χ0n) is 11.0. The molecule has 3 heteroatoms. The molecule has 2 aromatic rings. The molecule has 2 rings (SSSR count). The van der Waals surface area contributed by atoms with E-state index in [0.717, 1.165) is 29.9 Å². The second-order valence-corrected chi connectivity index (χ2v) is 4.82. The van der Waals surface area contributed by atoms with Crippen LogP contribution in [0.2, 0.25) is 0 Å². The van der Waals surface area contributed by atoms with Crippen molar-refractivity contribution < 1.29 is 0 Å². The van der Waals surface area contributed by atoms with Gasteiger partial charge in [-0.2, -0.15) is 0 Å². The van der Waals surface area contributed by atoms with Gasteiger partial charge in [-0.3, -0.25) is 4.57 Å². The zero-order chi connectivity index (χ0) is 13.0. The molecule has 3 nitrogen and oxygen atoms in total. The predicted molar refractivity (Wildman–Crippen MR) is 76.5 cm³/mol. The first-order valence-corrected chi connectivity index (χ1v) is 6.35. The molecule has 0 saturated heterocycles. The van der Waals surface area contributed by atoms with E-state index >= 15 is 0 Å². The third-order valence-corrected chi connectivity index (χ3v) is 2.91. The van der Waals surface area contributed by atoms with Crippen LogP contribution in [-0.2, 0) is 6.54 Å². The maximum atomic E-state index is 5.43. The molecule has 0 bridgehead atoms. The van der Waals surface area contributed by atoms with Gasteiger partial charge in [0.05, 0.1) is 17.6 Å². The first-order chi connectivity index (χ1) is 8.72. The van der Waals surface area contributed by atoms with Gasteiger partial charge in [0.25, 0.3) is 0 Å². The molecule has 0 spiro atoms. The van der Waals surface area contributed by atoms with Gasteiger partial charge in [-0.05, 0) is 24.5 Å². The van der Waals surface area contributed by atoms with Crippen LogP contribution in [0.3, 0.4) is 0 Å². The van der Waals surface area contributed by atoms with Gasteiger partial charge >= 0.3 is 0 Å². The molecule has 0 radical (unpaired) electrons. The van der Waals surface area contributed by atoms with Crippen molar-refractivity contribution in [3.63, 3.8) is 0 Å². The summed E-state index contributed by atoms with van der Waals surface area (Å²) in [6, 6.07) is 8.06. The number of para-hydroxylation sites is 2. The highest BCUT2D eigenvalue weighted by Crippen LogP contribution is 2.19. The summed E-state index contributed by atoms with van der Waals surface area (Å²) in [5.41, 5.74) is 2.07. The molecule has 0 saturated carbocycles. The molecule has 0 unspecified atom stereocenters. The van der Waals surface area contributed by atoms with E-state index in [1.807, 2.05) is 24.3 Å². The maximum absolute atomic E-state index is 5.43. The molecular formula is C15H19N3. The van der Waals surface area contributed by atoms with E-state index in [2.05, 4.69) is 34.6 Å². The number of nitrogens with one attached hydrogen (secondary N) is 1. The molecule has 1 aromatic carbocycles. The summed E-state index contributed by atoms with van der Waals surface area (Å²) in [5, 5.41) is 3.38. The van der Waals surface area contributed by atoms with Crippen LogP contribution in [0.4, 0.5) is 5.95 Å². The van der Waals surface area contributed by atoms with E-state index in [1.54, 1.807) is 0 Å². The number of fused-ring (bicyclic) bond motifs is 1. The molecule has 94 valence electrons. The van der Waals surface area contributed by atoms with Crippen LogP contribution in [0.15, 0.2) is 24.3 Å². The lowest BCUT2D eigenvalue weighted by Crippen LogP contribution is -2.10. The Morgan fingerprint density at radius 1 is 1.39 bits per heavy atom. The fraction of sp³-hybridized carbons (Fsp3) is 0.400. The van der Waals surface area contributed by atoms with E-state index in [-0.39, 0.29) is 0 Å². The molecule has 1 aromatic heterocycles. The highest BCUT2D eigenvalue weighted by atomic mass is 15.2. The second-order valence-electron chi connectivity index (χ2n) is 4.82. The van der Waals surface area contributed by atoms with Gasteiger partial charge in [0.15, 0.2) is 0 Å². The molecule has 1 heterocycles. The number of anilines is 1. The molecule has 0 fully saturated rings. The van der Waals surface area contributed by atoms with Gasteiger partial charge in [0.1, 0.15) is 0 Å². The van der Waals surface area contributed by atoms with Gasteiger partial charge in [-0.15, -0.1) is 6.42 Å². The number of benzene rings is 1. The lowest BCUT2D eigenvalue weighted by atomic mass is 10.1. The fourth-order valence-corrected chi connectivity index (χ4v) is 1.93. The summed E-state index contributed by atoms with van der Waals surface area (Å²) in [7, 11) is 0. The van der Waals surface area contributed by atoms with Crippen molar-refractivity contribution >= 4 is 17.0 Å². The van der Waals surface area contributed by atoms with Gasteiger partial charge in [0.2, 0.25) is 5.95 Å². The minimum Gasteiger partial charge on any atom is -0.356 e. The standard InChI is InChI=1S/C15H19N3/c1-4-11-18-14-8-6-5-7-13(14)17-15(18)16-10-9-12(2)3/h1,5-8,12H,9-11H2,2-3H3,(H,16,17). The van der Waals surface area contributed by atoms with Gasteiger partial charge in [-0.25, -0.2) is 4.98 Å². The summed E-state index contributed by atoms with van der Waals surface area (Å²) >= 11 is 0. The normalized spacial score (nSPS) is 10.8. The SMILES string of the molecule is C#CCn1c(NCCC(C)C)nc2ccccc21. The zero-order valence-corrected chi connectivity index (χ0v) is 11.0. The average Bonchev–Trinajstić information content (AvgIpc) is 2.68. The number of imidazole rings is 1. The van der Waals surface area contributed by atoms with Crippen molar-refractivity contribution in [3.05, 3.63) is 24.3 Å². The van der Waals surface area contributed by atoms with Crippen LogP contribution in [0.25, 0.3) is 11.0 Å². The number of rotatable bonds is 5. The highest BCUT2D eigenvalue weighted by molar-refractivity contribution is 5.78. The van der Waals surface area contributed by atoms with Crippen molar-refractivity contribution in [2.75, 3.05) is 11.9 Å². The monoisotopic (exact) mass is 241 g/mol. The summed E-state index contributed by atoms with van der Waals surface area (Å²) in [6.07, 6.45) is 6.55. The van der Waals surface area contributed by atoms with E-state index in [1.165, 1.54) is 0 Å². The number of nitrogens with zero attached hydrogens (tertiary/aromatic N) is 2. The minimum absolute atomic E-state index is 0.546. The lowest BCUT2D eigenvalue weighted by Gasteiger charge is -2.09. The van der Waals surface area contributed by atoms with Crippen molar-refractivity contribution in [1.29, 1.82) is 0 Å². The van der Waals surface area contributed by atoms with Crippen LogP contribution < -0.4 is 5.32 Å². The van der Waals surface area contributed by atoms with Crippen LogP contribution >= 0.6 is 0 Å². The van der Waals surface area contributed by atoms with E-state index in [9.17, 15) is 0 Å². The summed E-state index contributed by atoms with van der Waals surface area (Å²) < 4.78 is 2.05. The summed E-state index contributed by atoms with van der Waals surface area (Å²) in [4.78, 5) is 4.58. The number of hydrogen-bond acceptors (Lipinski definition) is 2. The Labute approximate surface area is 108 Å². The first-order valence-electron chi connectivity index (χ1n) is 6.35. The average molecular weight is 241 g/mol. The quantitative estimate of drug-likeness (QED) is 0.815. The van der Waals surface area contributed by atoms with Crippen LogP contribution in [-0.4, -0.2) is 16.1 Å². The summed E-state index contributed by atoms with van der Waals surface area (Å²) in [6.45, 7) is 5.90. The van der Waals surface area contributed by atoms with Gasteiger partial charge in [-0.1, -0.05) is 31.9 Å². The van der Waals surface area contributed by atoms with Crippen LogP contribution in [0.1, 0.15) is 20.3 Å². The molecule has 0 amide bonds. The predicted octanol–water partition coefficient (Wildman–Crippen LogP) is 3.13. The molecule has 1 N–H and O–H groups in total. The van der Waals surface area contributed by atoms with E-state index in [4.69, 9.17) is 6.42 Å². The van der Waals surface area contributed by atoms with Crippen molar-refractivity contribution in [2.45, 2.75) is 26.8 Å². The third kappa shape index (κ3) is 2.65. The van der Waals surface area contributed by atoms with Crippen molar-refractivity contribution in [1.82, 2.24) is 9.55 Å². The number of aromatic nitrogens is 2. The Balaban J connectivity index is 2.25. The number of terminal acetylenes is 1. The maximum Gasteiger partial charge on any atom is 0.204 e. The minimum atomic E-state index is 0.546. The molecule has 0 aliphatic rings. The molecular weight excluding hydrogens is 222 g/mol. The largest absolute Gasteiger partial charge is 0.356 e. The Kier molecular flexibility index (Phi) is 3.88. The van der Waals surface area contributed by atoms with Crippen molar-refractivity contribution in [2.24, 2.45) is 5.92 Å². The fourth-order valence-electron chi connectivity index (χ4n) is 1.93. The molecule has 0 atom stereocenters. The summed E-state index contributed by atoms with van der Waals surface area (Å²) in [5.74, 6) is 4.24. The first kappa shape index (κ1) is 12.5. The van der Waals surface area contributed by atoms with E-state index in [0.29, 0.717) is 12.5 Å². The van der Waals surface area contributed by atoms with Gasteiger partial charge < -0.3 is 5.32 Å². The molecule has 18 heavy (non-hydrogen) atoms. The van der Waals surface area contributed by atoms with Crippen LogP contribution in [0, 0.1) is 18.3 Å². The smallest absolute Gasteiger partial charge is 0.204 e. The van der Waals surface area contributed by atoms with Crippen LogP contribution in [0.5, 0.6) is 0 Å². The number of hydrogen-bond donors (Lipinski definition) is 1. The molecule has 0 aliphatic heterocycles. The Morgan fingerprint density at radius 2 is 2.17 bits per heavy atom. The highest BCUT2D eigenvalue weighted by Gasteiger charge is 2.08. The van der Waals surface area contributed by atoms with E-state index < -0.39 is 0 Å². The second kappa shape index (κ2) is 5.59. The Bertz CT molecular complexity index is 561. The van der Waals surface area contributed by atoms with Gasteiger partial charge in [0, 0.05) is 6.54 Å². The lowest BCUT2D eigenvalue weighted by molar-refractivity contribution is 0.604. The topological polar surface area (TPSA) is 29.9 Å². The Hall–Kier alpha value is -1.95.